The van der Waals surface area contributed by atoms with Gasteiger partial charge in [-0.05, 0) is 38.1 Å². The first kappa shape index (κ1) is 11.4. The third-order valence-electron chi connectivity index (χ3n) is 3.82. The Morgan fingerprint density at radius 1 is 1.33 bits per heavy atom. The molecule has 0 amide bonds. The van der Waals surface area contributed by atoms with Crippen LogP contribution in [-0.4, -0.2) is 24.8 Å². The molecule has 88 valence electrons. The highest BCUT2D eigenvalue weighted by molar-refractivity contribution is 4.93. The van der Waals surface area contributed by atoms with Crippen molar-refractivity contribution >= 4 is 0 Å². The molecular formula is C13H25NO. The summed E-state index contributed by atoms with van der Waals surface area (Å²) in [5.41, 5.74) is 0.271. The molecule has 1 heterocycles. The summed E-state index contributed by atoms with van der Waals surface area (Å²) in [6.45, 7) is 6.67. The topological polar surface area (TPSA) is 21.3 Å². The summed E-state index contributed by atoms with van der Waals surface area (Å²) in [6.07, 6.45) is 7.79. The minimum Gasteiger partial charge on any atom is -0.375 e. The van der Waals surface area contributed by atoms with Gasteiger partial charge in [0.2, 0.25) is 0 Å². The van der Waals surface area contributed by atoms with Crippen molar-refractivity contribution in [3.8, 4) is 0 Å². The molecule has 2 heteroatoms. The van der Waals surface area contributed by atoms with Gasteiger partial charge in [-0.3, -0.25) is 0 Å². The molecule has 2 fully saturated rings. The lowest BCUT2D eigenvalue weighted by atomic mass is 9.89. The Bertz CT molecular complexity index is 197. The second kappa shape index (κ2) is 4.84. The minimum atomic E-state index is 0.271. The molecule has 2 aliphatic rings. The second-order valence-corrected chi connectivity index (χ2v) is 5.73. The highest BCUT2D eigenvalue weighted by Crippen LogP contribution is 2.39. The summed E-state index contributed by atoms with van der Waals surface area (Å²) in [5.74, 6) is 0.757. The Balaban J connectivity index is 1.81. The lowest BCUT2D eigenvalue weighted by Crippen LogP contribution is -2.46. The first-order valence-corrected chi connectivity index (χ1v) is 6.58. The van der Waals surface area contributed by atoms with Gasteiger partial charge in [0, 0.05) is 12.6 Å². The quantitative estimate of drug-likeness (QED) is 0.775. The number of ether oxygens (including phenoxy) is 1. The number of hydrogen-bond acceptors (Lipinski definition) is 2. The molecule has 2 nitrogen and oxygen atoms in total. The summed E-state index contributed by atoms with van der Waals surface area (Å²) < 4.78 is 6.02. The van der Waals surface area contributed by atoms with Crippen LogP contribution in [0.5, 0.6) is 0 Å². The van der Waals surface area contributed by atoms with E-state index in [0.29, 0.717) is 6.04 Å². The third-order valence-corrected chi connectivity index (χ3v) is 3.82. The van der Waals surface area contributed by atoms with E-state index in [9.17, 15) is 0 Å². The van der Waals surface area contributed by atoms with Crippen LogP contribution in [0.15, 0.2) is 0 Å². The largest absolute Gasteiger partial charge is 0.375 e. The molecule has 0 aromatic rings. The van der Waals surface area contributed by atoms with Crippen LogP contribution >= 0.6 is 0 Å². The maximum absolute atomic E-state index is 6.02. The average molecular weight is 211 g/mol. The van der Waals surface area contributed by atoms with E-state index in [4.69, 9.17) is 4.74 Å². The van der Waals surface area contributed by atoms with Crippen molar-refractivity contribution in [2.75, 3.05) is 13.2 Å². The van der Waals surface area contributed by atoms with E-state index < -0.39 is 0 Å². The second-order valence-electron chi connectivity index (χ2n) is 5.73. The van der Waals surface area contributed by atoms with Gasteiger partial charge in [0.15, 0.2) is 0 Å². The summed E-state index contributed by atoms with van der Waals surface area (Å²) in [7, 11) is 0. The van der Waals surface area contributed by atoms with Gasteiger partial charge in [0.25, 0.3) is 0 Å². The van der Waals surface area contributed by atoms with Crippen molar-refractivity contribution in [1.82, 2.24) is 5.32 Å². The van der Waals surface area contributed by atoms with Gasteiger partial charge in [0.05, 0.1) is 5.60 Å². The van der Waals surface area contributed by atoms with Gasteiger partial charge >= 0.3 is 0 Å². The van der Waals surface area contributed by atoms with Crippen molar-refractivity contribution in [2.24, 2.45) is 5.92 Å². The predicted octanol–water partition coefficient (Wildman–Crippen LogP) is 2.72. The fourth-order valence-corrected chi connectivity index (χ4v) is 2.97. The Morgan fingerprint density at radius 3 is 2.73 bits per heavy atom. The van der Waals surface area contributed by atoms with Gasteiger partial charge in [-0.2, -0.15) is 0 Å². The molecule has 1 saturated heterocycles. The summed E-state index contributed by atoms with van der Waals surface area (Å²) in [4.78, 5) is 0. The molecule has 0 radical (unpaired) electrons. The highest BCUT2D eigenvalue weighted by atomic mass is 16.5. The van der Waals surface area contributed by atoms with E-state index in [1.165, 1.54) is 38.5 Å². The smallest absolute Gasteiger partial charge is 0.0697 e. The molecule has 1 aliphatic carbocycles. The van der Waals surface area contributed by atoms with Crippen molar-refractivity contribution < 1.29 is 4.74 Å². The van der Waals surface area contributed by atoms with Gasteiger partial charge < -0.3 is 10.1 Å². The normalized spacial score (nSPS) is 30.2. The Morgan fingerprint density at radius 2 is 2.07 bits per heavy atom. The first-order valence-electron chi connectivity index (χ1n) is 6.58. The lowest BCUT2D eigenvalue weighted by Gasteiger charge is -2.39. The van der Waals surface area contributed by atoms with Crippen LogP contribution in [0.4, 0.5) is 0 Å². The molecular weight excluding hydrogens is 186 g/mol. The number of nitrogens with one attached hydrogen (secondary N) is 1. The maximum Gasteiger partial charge on any atom is 0.0697 e. The molecule has 1 unspecified atom stereocenters. The zero-order chi connectivity index (χ0) is 10.7. The third kappa shape index (κ3) is 2.94. The van der Waals surface area contributed by atoms with E-state index >= 15 is 0 Å². The van der Waals surface area contributed by atoms with Gasteiger partial charge in [-0.25, -0.2) is 0 Å². The van der Waals surface area contributed by atoms with Gasteiger partial charge in [-0.15, -0.1) is 0 Å². The van der Waals surface area contributed by atoms with E-state index in [1.54, 1.807) is 0 Å². The molecule has 1 saturated carbocycles. The molecule has 0 bridgehead atoms. The Kier molecular flexibility index (Phi) is 3.68. The summed E-state index contributed by atoms with van der Waals surface area (Å²) >= 11 is 0. The maximum atomic E-state index is 6.02. The van der Waals surface area contributed by atoms with Crippen LogP contribution in [0.25, 0.3) is 0 Å². The van der Waals surface area contributed by atoms with Crippen molar-refractivity contribution in [3.05, 3.63) is 0 Å². The van der Waals surface area contributed by atoms with Crippen molar-refractivity contribution in [2.45, 2.75) is 64.0 Å². The van der Waals surface area contributed by atoms with E-state index in [0.717, 1.165) is 19.1 Å². The standard InChI is InChI=1S/C13H25NO/c1-11(2)10-14-12-5-8-15-13(9-12)6-3-4-7-13/h11-12,14H,3-10H2,1-2H3. The van der Waals surface area contributed by atoms with E-state index in [2.05, 4.69) is 19.2 Å². The summed E-state index contributed by atoms with van der Waals surface area (Å²) in [6, 6.07) is 0.708. The predicted molar refractivity (Wildman–Crippen MR) is 63.0 cm³/mol. The van der Waals surface area contributed by atoms with Crippen LogP contribution < -0.4 is 5.32 Å². The van der Waals surface area contributed by atoms with Crippen LogP contribution in [0.1, 0.15) is 52.4 Å². The SMILES string of the molecule is CC(C)CNC1CCOC2(CCCC2)C1. The number of rotatable bonds is 3. The molecule has 1 N–H and O–H groups in total. The van der Waals surface area contributed by atoms with Crippen molar-refractivity contribution in [3.63, 3.8) is 0 Å². The Labute approximate surface area is 93.8 Å². The summed E-state index contributed by atoms with van der Waals surface area (Å²) in [5, 5.41) is 3.69. The van der Waals surface area contributed by atoms with E-state index in [1.807, 2.05) is 0 Å². The van der Waals surface area contributed by atoms with Crippen LogP contribution in [0.2, 0.25) is 0 Å². The fourth-order valence-electron chi connectivity index (χ4n) is 2.97. The molecule has 0 aromatic heterocycles. The fraction of sp³-hybridized carbons (Fsp3) is 1.00. The molecule has 0 aromatic carbocycles. The van der Waals surface area contributed by atoms with Crippen LogP contribution in [0.3, 0.4) is 0 Å². The molecule has 2 rings (SSSR count). The van der Waals surface area contributed by atoms with Crippen molar-refractivity contribution in [1.29, 1.82) is 0 Å². The zero-order valence-corrected chi connectivity index (χ0v) is 10.2. The van der Waals surface area contributed by atoms with Gasteiger partial charge in [0.1, 0.15) is 0 Å². The molecule has 15 heavy (non-hydrogen) atoms. The first-order chi connectivity index (χ1) is 7.20. The average Bonchev–Trinajstić information content (AvgIpc) is 2.63. The molecule has 1 atom stereocenters. The molecule has 1 spiro atoms. The zero-order valence-electron chi connectivity index (χ0n) is 10.2. The van der Waals surface area contributed by atoms with E-state index in [-0.39, 0.29) is 5.60 Å². The highest BCUT2D eigenvalue weighted by Gasteiger charge is 2.39. The van der Waals surface area contributed by atoms with Gasteiger partial charge in [-0.1, -0.05) is 26.7 Å². The number of hydrogen-bond donors (Lipinski definition) is 1. The minimum absolute atomic E-state index is 0.271. The monoisotopic (exact) mass is 211 g/mol. The molecule has 1 aliphatic heterocycles. The van der Waals surface area contributed by atoms with Crippen LogP contribution in [-0.2, 0) is 4.74 Å². The Hall–Kier alpha value is -0.0800. The van der Waals surface area contributed by atoms with Crippen LogP contribution in [0, 0.1) is 5.92 Å². The lowest BCUT2D eigenvalue weighted by molar-refractivity contribution is -0.0837.